The second-order valence-electron chi connectivity index (χ2n) is 9.24. The maximum absolute atomic E-state index is 6.24. The van der Waals surface area contributed by atoms with Crippen LogP contribution in [0.3, 0.4) is 0 Å². The van der Waals surface area contributed by atoms with E-state index in [0.717, 1.165) is 22.2 Å². The van der Waals surface area contributed by atoms with Gasteiger partial charge in [0.1, 0.15) is 11.4 Å². The summed E-state index contributed by atoms with van der Waals surface area (Å²) < 4.78 is 12.1. The molecule has 1 aliphatic heterocycles. The van der Waals surface area contributed by atoms with Gasteiger partial charge in [-0.3, -0.25) is 0 Å². The Labute approximate surface area is 188 Å². The van der Waals surface area contributed by atoms with E-state index in [1.54, 1.807) is 7.11 Å². The fourth-order valence-electron chi connectivity index (χ4n) is 4.37. The van der Waals surface area contributed by atoms with Crippen LogP contribution in [0.25, 0.3) is 32.3 Å². The summed E-state index contributed by atoms with van der Waals surface area (Å²) in [6.45, 7) is 7.98. The minimum atomic E-state index is -0.673. The van der Waals surface area contributed by atoms with Crippen molar-refractivity contribution in [3.05, 3.63) is 60.7 Å². The summed E-state index contributed by atoms with van der Waals surface area (Å²) in [7, 11) is 1.72. The van der Waals surface area contributed by atoms with Gasteiger partial charge in [-0.1, -0.05) is 62.4 Å². The number of hydrogen-bond donors (Lipinski definition) is 1. The summed E-state index contributed by atoms with van der Waals surface area (Å²) in [6.07, 6.45) is -0.837. The van der Waals surface area contributed by atoms with Crippen LogP contribution in [0.2, 0.25) is 0 Å². The van der Waals surface area contributed by atoms with Crippen molar-refractivity contribution >= 4 is 38.0 Å². The summed E-state index contributed by atoms with van der Waals surface area (Å²) >= 11 is 0. The summed E-state index contributed by atoms with van der Waals surface area (Å²) in [4.78, 5) is 11.2. The standard InChI is InChI=1S/C27H29NO4/c1-16(2)25-30-26(27(3,4)32-31-25)28-22-12-8-11-20-19-14-13-17-9-6-7-10-18(17)21(19)15-23(29-5)24(20)22/h6-16,25-26,28H,1-5H3. The second-order valence-corrected chi connectivity index (χ2v) is 9.24. The smallest absolute Gasteiger partial charge is 0.196 e. The third-order valence-electron chi connectivity index (χ3n) is 6.16. The first kappa shape index (κ1) is 21.0. The number of benzene rings is 4. The molecule has 0 radical (unpaired) electrons. The van der Waals surface area contributed by atoms with Crippen LogP contribution >= 0.6 is 0 Å². The van der Waals surface area contributed by atoms with E-state index < -0.39 is 18.1 Å². The van der Waals surface area contributed by atoms with Crippen molar-refractivity contribution < 1.29 is 19.2 Å². The molecule has 1 aliphatic rings. The molecule has 5 heteroatoms. The Morgan fingerprint density at radius 1 is 0.906 bits per heavy atom. The summed E-state index contributed by atoms with van der Waals surface area (Å²) in [5.74, 6) is 0.979. The van der Waals surface area contributed by atoms with Crippen molar-refractivity contribution in [3.63, 3.8) is 0 Å². The highest BCUT2D eigenvalue weighted by Crippen LogP contribution is 2.41. The first-order valence-electron chi connectivity index (χ1n) is 11.1. The number of anilines is 1. The molecule has 1 heterocycles. The number of methoxy groups -OCH3 is 1. The summed E-state index contributed by atoms with van der Waals surface area (Å²) in [6, 6.07) is 21.2. The average molecular weight is 432 g/mol. The monoisotopic (exact) mass is 431 g/mol. The van der Waals surface area contributed by atoms with Gasteiger partial charge in [-0.2, -0.15) is 0 Å². The molecule has 4 aromatic rings. The van der Waals surface area contributed by atoms with Gasteiger partial charge in [-0.05, 0) is 52.9 Å². The van der Waals surface area contributed by atoms with Crippen molar-refractivity contribution in [2.75, 3.05) is 12.4 Å². The molecule has 2 unspecified atom stereocenters. The molecule has 1 saturated heterocycles. The highest BCUT2D eigenvalue weighted by Gasteiger charge is 2.41. The molecule has 0 aromatic heterocycles. The topological polar surface area (TPSA) is 49.0 Å². The Morgan fingerprint density at radius 3 is 2.47 bits per heavy atom. The number of ether oxygens (including phenoxy) is 2. The average Bonchev–Trinajstić information content (AvgIpc) is 2.79. The van der Waals surface area contributed by atoms with Crippen LogP contribution in [0.15, 0.2) is 60.7 Å². The van der Waals surface area contributed by atoms with E-state index in [1.165, 1.54) is 21.5 Å². The van der Waals surface area contributed by atoms with E-state index in [2.05, 4.69) is 66.0 Å². The Hall–Kier alpha value is -2.86. The van der Waals surface area contributed by atoms with Crippen molar-refractivity contribution in [3.8, 4) is 5.75 Å². The molecule has 0 amide bonds. The van der Waals surface area contributed by atoms with Crippen molar-refractivity contribution in [2.24, 2.45) is 5.92 Å². The molecule has 166 valence electrons. The van der Waals surface area contributed by atoms with Crippen LogP contribution in [0.4, 0.5) is 5.69 Å². The van der Waals surface area contributed by atoms with Crippen molar-refractivity contribution in [1.29, 1.82) is 0 Å². The van der Waals surface area contributed by atoms with Gasteiger partial charge in [0, 0.05) is 17.0 Å². The van der Waals surface area contributed by atoms with Crippen molar-refractivity contribution in [1.82, 2.24) is 0 Å². The number of fused-ring (bicyclic) bond motifs is 5. The Balaban J connectivity index is 1.67. The number of nitrogens with one attached hydrogen (secondary N) is 1. The highest BCUT2D eigenvalue weighted by molar-refractivity contribution is 6.21. The second kappa shape index (κ2) is 7.93. The Bertz CT molecular complexity index is 1300. The SMILES string of the molecule is COc1cc2c3ccccc3ccc2c2cccc(NC3OC(C(C)C)OOC3(C)C)c12. The third-order valence-corrected chi connectivity index (χ3v) is 6.16. The Kier molecular flexibility index (Phi) is 5.20. The van der Waals surface area contributed by atoms with E-state index in [-0.39, 0.29) is 5.92 Å². The van der Waals surface area contributed by atoms with Gasteiger partial charge < -0.3 is 14.8 Å². The van der Waals surface area contributed by atoms with E-state index in [4.69, 9.17) is 19.2 Å². The van der Waals surface area contributed by atoms with Crippen LogP contribution in [0, 0.1) is 5.92 Å². The summed E-state index contributed by atoms with van der Waals surface area (Å²) in [5, 5.41) is 10.5. The molecular formula is C27H29NO4. The van der Waals surface area contributed by atoms with Gasteiger partial charge in [0.15, 0.2) is 12.5 Å². The lowest BCUT2D eigenvalue weighted by Gasteiger charge is -2.42. The lowest BCUT2D eigenvalue weighted by molar-refractivity contribution is -0.485. The molecule has 0 saturated carbocycles. The zero-order valence-corrected chi connectivity index (χ0v) is 19.1. The highest BCUT2D eigenvalue weighted by atomic mass is 17.2. The minimum absolute atomic E-state index is 0.162. The molecule has 32 heavy (non-hydrogen) atoms. The fraction of sp³-hybridized carbons (Fsp3) is 0.333. The molecule has 0 aliphatic carbocycles. The molecule has 2 atom stereocenters. The fourth-order valence-corrected chi connectivity index (χ4v) is 4.37. The predicted molar refractivity (Wildman–Crippen MR) is 129 cm³/mol. The van der Waals surface area contributed by atoms with Gasteiger partial charge in [0.2, 0.25) is 0 Å². The van der Waals surface area contributed by atoms with Gasteiger partial charge >= 0.3 is 0 Å². The van der Waals surface area contributed by atoms with E-state index in [1.807, 2.05) is 27.7 Å². The van der Waals surface area contributed by atoms with Gasteiger partial charge in [0.05, 0.1) is 7.11 Å². The normalized spacial score (nSPS) is 20.8. The lowest BCUT2D eigenvalue weighted by atomic mass is 9.95. The maximum atomic E-state index is 6.24. The first-order valence-corrected chi connectivity index (χ1v) is 11.1. The maximum Gasteiger partial charge on any atom is 0.196 e. The molecule has 5 nitrogen and oxygen atoms in total. The first-order chi connectivity index (χ1) is 15.4. The molecule has 4 aromatic carbocycles. The van der Waals surface area contributed by atoms with Crippen LogP contribution in [0.1, 0.15) is 27.7 Å². The van der Waals surface area contributed by atoms with E-state index in [0.29, 0.717) is 0 Å². The minimum Gasteiger partial charge on any atom is -0.496 e. The Morgan fingerprint density at radius 2 is 1.69 bits per heavy atom. The van der Waals surface area contributed by atoms with E-state index in [9.17, 15) is 0 Å². The van der Waals surface area contributed by atoms with Crippen LogP contribution in [0.5, 0.6) is 5.75 Å². The zero-order chi connectivity index (χ0) is 22.5. The summed E-state index contributed by atoms with van der Waals surface area (Å²) in [5.41, 5.74) is 0.258. The quantitative estimate of drug-likeness (QED) is 0.290. The molecule has 0 bridgehead atoms. The molecule has 0 spiro atoms. The molecule has 5 rings (SSSR count). The predicted octanol–water partition coefficient (Wildman–Crippen LogP) is 6.63. The number of hydrogen-bond acceptors (Lipinski definition) is 5. The lowest BCUT2D eigenvalue weighted by Crippen LogP contribution is -2.54. The van der Waals surface area contributed by atoms with Gasteiger partial charge in [0.25, 0.3) is 0 Å². The van der Waals surface area contributed by atoms with Crippen LogP contribution in [-0.2, 0) is 14.5 Å². The van der Waals surface area contributed by atoms with Crippen LogP contribution in [-0.4, -0.2) is 25.2 Å². The largest absolute Gasteiger partial charge is 0.496 e. The molecule has 1 N–H and O–H groups in total. The van der Waals surface area contributed by atoms with Crippen LogP contribution < -0.4 is 10.1 Å². The zero-order valence-electron chi connectivity index (χ0n) is 19.1. The van der Waals surface area contributed by atoms with Gasteiger partial charge in [-0.15, -0.1) is 0 Å². The van der Waals surface area contributed by atoms with Crippen molar-refractivity contribution in [2.45, 2.75) is 45.8 Å². The van der Waals surface area contributed by atoms with Gasteiger partial charge in [-0.25, -0.2) is 9.78 Å². The molecular weight excluding hydrogens is 402 g/mol. The number of rotatable bonds is 4. The molecule has 1 fully saturated rings. The van der Waals surface area contributed by atoms with E-state index >= 15 is 0 Å². The third kappa shape index (κ3) is 3.47.